The van der Waals surface area contributed by atoms with Crippen molar-refractivity contribution in [2.24, 2.45) is 0 Å². The van der Waals surface area contributed by atoms with Crippen LogP contribution >= 0.6 is 0 Å². The molecule has 3 nitrogen and oxygen atoms in total. The number of amides is 1. The van der Waals surface area contributed by atoms with E-state index in [2.05, 4.69) is 10.1 Å². The highest BCUT2D eigenvalue weighted by Gasteiger charge is 1.99. The molecule has 0 radical (unpaired) electrons. The van der Waals surface area contributed by atoms with Crippen molar-refractivity contribution in [3.63, 3.8) is 0 Å². The molecule has 0 bridgehead atoms. The van der Waals surface area contributed by atoms with E-state index >= 15 is 0 Å². The molecule has 1 rings (SSSR count). The number of rotatable bonds is 3. The van der Waals surface area contributed by atoms with E-state index in [4.69, 9.17) is 0 Å². The van der Waals surface area contributed by atoms with Gasteiger partial charge < -0.3 is 10.1 Å². The summed E-state index contributed by atoms with van der Waals surface area (Å²) >= 11 is 0. The molecule has 1 aromatic carbocycles. The third-order valence-electron chi connectivity index (χ3n) is 1.63. The smallest absolute Gasteiger partial charge is 0.407 e. The minimum atomic E-state index is -0.461. The molecule has 0 fully saturated rings. The summed E-state index contributed by atoms with van der Waals surface area (Å²) in [6, 6.07) is 5.92. The molecule has 0 saturated heterocycles. The van der Waals surface area contributed by atoms with E-state index < -0.39 is 6.09 Å². The molecule has 0 aliphatic carbocycles. The van der Waals surface area contributed by atoms with E-state index in [1.807, 2.05) is 0 Å². The van der Waals surface area contributed by atoms with Crippen LogP contribution in [-0.2, 0) is 11.3 Å². The molecule has 0 spiro atoms. The fourth-order valence-corrected chi connectivity index (χ4v) is 0.959. The normalized spacial score (nSPS) is 9.57. The Morgan fingerprint density at radius 3 is 2.64 bits per heavy atom. The van der Waals surface area contributed by atoms with Crippen LogP contribution in [0.15, 0.2) is 24.3 Å². The third kappa shape index (κ3) is 3.43. The predicted molar refractivity (Wildman–Crippen MR) is 50.3 cm³/mol. The van der Waals surface area contributed by atoms with Crippen molar-refractivity contribution in [1.29, 1.82) is 0 Å². The summed E-state index contributed by atoms with van der Waals surface area (Å²) in [7, 11) is 0. The number of ether oxygens (including phenoxy) is 1. The number of halogens is 1. The lowest BCUT2D eigenvalue weighted by Crippen LogP contribution is -2.23. The summed E-state index contributed by atoms with van der Waals surface area (Å²) in [5.41, 5.74) is 0.833. The summed E-state index contributed by atoms with van der Waals surface area (Å²) in [6.07, 6.45) is -0.461. The van der Waals surface area contributed by atoms with Crippen molar-refractivity contribution in [3.8, 4) is 0 Å². The zero-order chi connectivity index (χ0) is 10.4. The monoisotopic (exact) mass is 197 g/mol. The van der Waals surface area contributed by atoms with Gasteiger partial charge in [0.05, 0.1) is 6.61 Å². The number of carbonyl (C=O) groups is 1. The number of hydrogen-bond acceptors (Lipinski definition) is 2. The average molecular weight is 197 g/mol. The maximum absolute atomic E-state index is 12.5. The Balaban J connectivity index is 2.38. The highest BCUT2D eigenvalue weighted by molar-refractivity contribution is 5.67. The molecule has 0 saturated carbocycles. The minimum Gasteiger partial charge on any atom is -0.450 e. The van der Waals surface area contributed by atoms with E-state index in [1.54, 1.807) is 19.1 Å². The van der Waals surface area contributed by atoms with Gasteiger partial charge in [0.15, 0.2) is 0 Å². The topological polar surface area (TPSA) is 38.3 Å². The molecular weight excluding hydrogens is 185 g/mol. The van der Waals surface area contributed by atoms with Crippen LogP contribution in [0.25, 0.3) is 0 Å². The molecule has 1 amide bonds. The van der Waals surface area contributed by atoms with E-state index in [9.17, 15) is 9.18 Å². The Kier molecular flexibility index (Phi) is 3.91. The molecule has 0 unspecified atom stereocenters. The first-order valence-corrected chi connectivity index (χ1v) is 4.37. The van der Waals surface area contributed by atoms with Crippen LogP contribution < -0.4 is 5.32 Å². The lowest BCUT2D eigenvalue weighted by molar-refractivity contribution is 0.151. The van der Waals surface area contributed by atoms with Gasteiger partial charge >= 0.3 is 6.09 Å². The van der Waals surface area contributed by atoms with Gasteiger partial charge in [-0.1, -0.05) is 12.1 Å². The highest BCUT2D eigenvalue weighted by Crippen LogP contribution is 2.01. The van der Waals surface area contributed by atoms with Crippen molar-refractivity contribution in [2.75, 3.05) is 6.61 Å². The Hall–Kier alpha value is -1.58. The quantitative estimate of drug-likeness (QED) is 0.805. The molecule has 0 aliphatic rings. The molecule has 0 aliphatic heterocycles. The standard InChI is InChI=1S/C10H12FNO2/c1-2-14-10(13)12-7-8-3-5-9(11)6-4-8/h3-6H,2,7H2,1H3,(H,12,13). The van der Waals surface area contributed by atoms with Crippen LogP contribution in [-0.4, -0.2) is 12.7 Å². The van der Waals surface area contributed by atoms with Crippen LogP contribution in [0.5, 0.6) is 0 Å². The van der Waals surface area contributed by atoms with Gasteiger partial charge in [-0.3, -0.25) is 0 Å². The van der Waals surface area contributed by atoms with Crippen LogP contribution in [0.4, 0.5) is 9.18 Å². The summed E-state index contributed by atoms with van der Waals surface area (Å²) in [5.74, 6) is -0.287. The molecule has 14 heavy (non-hydrogen) atoms. The van der Waals surface area contributed by atoms with Gasteiger partial charge in [-0.15, -0.1) is 0 Å². The van der Waals surface area contributed by atoms with Gasteiger partial charge in [0.25, 0.3) is 0 Å². The van der Waals surface area contributed by atoms with Crippen LogP contribution in [0.3, 0.4) is 0 Å². The summed E-state index contributed by atoms with van der Waals surface area (Å²) in [5, 5.41) is 2.54. The Morgan fingerprint density at radius 1 is 1.43 bits per heavy atom. The van der Waals surface area contributed by atoms with Crippen LogP contribution in [0.2, 0.25) is 0 Å². The zero-order valence-electron chi connectivity index (χ0n) is 7.92. The van der Waals surface area contributed by atoms with Crippen LogP contribution in [0, 0.1) is 5.82 Å². The van der Waals surface area contributed by atoms with Crippen LogP contribution in [0.1, 0.15) is 12.5 Å². The number of benzene rings is 1. The van der Waals surface area contributed by atoms with Gasteiger partial charge in [0, 0.05) is 6.54 Å². The molecular formula is C10H12FNO2. The molecule has 0 aromatic heterocycles. The molecule has 1 N–H and O–H groups in total. The molecule has 0 atom stereocenters. The lowest BCUT2D eigenvalue weighted by Gasteiger charge is -2.04. The van der Waals surface area contributed by atoms with E-state index in [-0.39, 0.29) is 5.82 Å². The number of alkyl carbamates (subject to hydrolysis) is 1. The molecule has 4 heteroatoms. The second-order valence-corrected chi connectivity index (χ2v) is 2.70. The minimum absolute atomic E-state index is 0.287. The second-order valence-electron chi connectivity index (χ2n) is 2.70. The lowest BCUT2D eigenvalue weighted by atomic mass is 10.2. The average Bonchev–Trinajstić information content (AvgIpc) is 2.17. The summed E-state index contributed by atoms with van der Waals surface area (Å²) < 4.78 is 17.2. The fourth-order valence-electron chi connectivity index (χ4n) is 0.959. The number of nitrogens with one attached hydrogen (secondary N) is 1. The Labute approximate surface area is 81.9 Å². The van der Waals surface area contributed by atoms with E-state index in [0.717, 1.165) is 5.56 Å². The third-order valence-corrected chi connectivity index (χ3v) is 1.63. The number of carbonyl (C=O) groups excluding carboxylic acids is 1. The number of hydrogen-bond donors (Lipinski definition) is 1. The second kappa shape index (κ2) is 5.21. The van der Waals surface area contributed by atoms with Gasteiger partial charge in [-0.05, 0) is 24.6 Å². The van der Waals surface area contributed by atoms with Crippen molar-refractivity contribution < 1.29 is 13.9 Å². The SMILES string of the molecule is CCOC(=O)NCc1ccc(F)cc1. The zero-order valence-corrected chi connectivity index (χ0v) is 7.92. The largest absolute Gasteiger partial charge is 0.450 e. The van der Waals surface area contributed by atoms with Crippen molar-refractivity contribution in [2.45, 2.75) is 13.5 Å². The van der Waals surface area contributed by atoms with Gasteiger partial charge in [0.2, 0.25) is 0 Å². The summed E-state index contributed by atoms with van der Waals surface area (Å²) in [6.45, 7) is 2.42. The summed E-state index contributed by atoms with van der Waals surface area (Å²) in [4.78, 5) is 10.9. The Bertz CT molecular complexity index is 297. The van der Waals surface area contributed by atoms with E-state index in [0.29, 0.717) is 13.2 Å². The highest BCUT2D eigenvalue weighted by atomic mass is 19.1. The molecule has 1 aromatic rings. The van der Waals surface area contributed by atoms with Gasteiger partial charge in [-0.2, -0.15) is 0 Å². The first-order chi connectivity index (χ1) is 6.72. The maximum Gasteiger partial charge on any atom is 0.407 e. The van der Waals surface area contributed by atoms with Crippen molar-refractivity contribution in [1.82, 2.24) is 5.32 Å². The predicted octanol–water partition coefficient (Wildman–Crippen LogP) is 2.07. The van der Waals surface area contributed by atoms with Gasteiger partial charge in [-0.25, -0.2) is 9.18 Å². The Morgan fingerprint density at radius 2 is 2.07 bits per heavy atom. The maximum atomic E-state index is 12.5. The first kappa shape index (κ1) is 10.5. The van der Waals surface area contributed by atoms with Crippen molar-refractivity contribution in [3.05, 3.63) is 35.6 Å². The first-order valence-electron chi connectivity index (χ1n) is 4.37. The van der Waals surface area contributed by atoms with Crippen molar-refractivity contribution >= 4 is 6.09 Å². The molecule has 76 valence electrons. The fraction of sp³-hybridized carbons (Fsp3) is 0.300. The van der Waals surface area contributed by atoms with Gasteiger partial charge in [0.1, 0.15) is 5.82 Å². The molecule has 0 heterocycles. The van der Waals surface area contributed by atoms with E-state index in [1.165, 1.54) is 12.1 Å².